The van der Waals surface area contributed by atoms with Gasteiger partial charge in [0.2, 0.25) is 5.91 Å². The first kappa shape index (κ1) is 43.0. The van der Waals surface area contributed by atoms with Crippen molar-refractivity contribution in [3.63, 3.8) is 0 Å². The molecule has 0 saturated carbocycles. The fourth-order valence-electron chi connectivity index (χ4n) is 5.10. The molecule has 2 heterocycles. The molecule has 258 valence electrons. The zero-order chi connectivity index (χ0) is 32.6. The molecule has 1 N–H and O–H groups in total. The van der Waals surface area contributed by atoms with Crippen LogP contribution in [0.1, 0.15) is 108 Å². The quantitative estimate of drug-likeness (QED) is 0.0490. The standard InChI is InChI=1S/C38H62N4O4.Zn/c1-2-3-4-5-6-7-8-9-10-11-12-13-14-15-16-23-38(43)41-26-28-44-30-32-46-33-31-45-29-27-42(34-36-21-17-19-24-39-36)35-37-22-18-20-25-40-37;/h9-10,17-22,24-25H,2-8,11-16,23,26-35H2,1H3,(H,41,43);/q;+2/b10-9-;. The predicted molar refractivity (Wildman–Crippen MR) is 188 cm³/mol. The number of allylic oxidation sites excluding steroid dienone is 2. The second kappa shape index (κ2) is 32.5. The van der Waals surface area contributed by atoms with Crippen LogP contribution in [-0.4, -0.2) is 73.5 Å². The molecule has 2 rings (SSSR count). The van der Waals surface area contributed by atoms with Gasteiger partial charge in [-0.2, -0.15) is 0 Å². The van der Waals surface area contributed by atoms with Gasteiger partial charge < -0.3 is 19.5 Å². The molecule has 0 atom stereocenters. The number of carbonyl (C=O) groups is 1. The number of amides is 1. The number of nitrogens with one attached hydrogen (secondary N) is 1. The third-order valence-corrected chi connectivity index (χ3v) is 7.75. The van der Waals surface area contributed by atoms with Gasteiger partial charge in [-0.25, -0.2) is 0 Å². The number of unbranched alkanes of at least 4 members (excludes halogenated alkanes) is 11. The zero-order valence-electron chi connectivity index (χ0n) is 29.4. The topological polar surface area (TPSA) is 85.8 Å². The Morgan fingerprint density at radius 2 is 1.19 bits per heavy atom. The van der Waals surface area contributed by atoms with Gasteiger partial charge in [0.15, 0.2) is 0 Å². The summed E-state index contributed by atoms with van der Waals surface area (Å²) in [5, 5.41) is 2.95. The minimum absolute atomic E-state index is 0. The van der Waals surface area contributed by atoms with Crippen LogP contribution < -0.4 is 5.32 Å². The fraction of sp³-hybridized carbons (Fsp3) is 0.658. The fourth-order valence-corrected chi connectivity index (χ4v) is 5.10. The molecule has 9 heteroatoms. The Labute approximate surface area is 298 Å². The Kier molecular flexibility index (Phi) is 29.7. The summed E-state index contributed by atoms with van der Waals surface area (Å²) in [5.74, 6) is 0.119. The summed E-state index contributed by atoms with van der Waals surface area (Å²) < 4.78 is 17.0. The maximum absolute atomic E-state index is 12.0. The number of pyridine rings is 2. The number of hydrogen-bond donors (Lipinski definition) is 1. The number of nitrogens with zero attached hydrogens (tertiary/aromatic N) is 3. The first-order valence-electron chi connectivity index (χ1n) is 17.9. The molecule has 0 aromatic carbocycles. The van der Waals surface area contributed by atoms with E-state index in [0.29, 0.717) is 52.6 Å². The molecule has 0 fully saturated rings. The summed E-state index contributed by atoms with van der Waals surface area (Å²) in [7, 11) is 0. The molecule has 0 aliphatic heterocycles. The van der Waals surface area contributed by atoms with Gasteiger partial charge in [-0.05, 0) is 56.4 Å². The SMILES string of the molecule is CCCCCCCC/C=C\CCCCCCCC(=O)NCCOCCOCCOCCN(Cc1ccccn1)Cc1ccccn1.[Zn+2]. The molecular weight excluding hydrogens is 642 g/mol. The van der Waals surface area contributed by atoms with Crippen molar-refractivity contribution in [2.75, 3.05) is 52.7 Å². The summed E-state index contributed by atoms with van der Waals surface area (Å²) in [6.07, 6.45) is 25.4. The molecule has 0 radical (unpaired) electrons. The van der Waals surface area contributed by atoms with E-state index in [0.717, 1.165) is 43.9 Å². The summed E-state index contributed by atoms with van der Waals surface area (Å²) in [6, 6.07) is 12.0. The molecular formula is C38H62N4O4Zn+2. The Morgan fingerprint density at radius 3 is 1.74 bits per heavy atom. The molecule has 0 aliphatic rings. The van der Waals surface area contributed by atoms with Crippen molar-refractivity contribution in [1.82, 2.24) is 20.2 Å². The van der Waals surface area contributed by atoms with Gasteiger partial charge in [0, 0.05) is 45.0 Å². The van der Waals surface area contributed by atoms with Gasteiger partial charge >= 0.3 is 19.5 Å². The van der Waals surface area contributed by atoms with Gasteiger partial charge in [0.25, 0.3) is 0 Å². The second-order valence-corrected chi connectivity index (χ2v) is 11.9. The Bertz CT molecular complexity index is 943. The molecule has 8 nitrogen and oxygen atoms in total. The molecule has 0 bridgehead atoms. The van der Waals surface area contributed by atoms with Crippen LogP contribution in [0.3, 0.4) is 0 Å². The van der Waals surface area contributed by atoms with Crippen LogP contribution in [-0.2, 0) is 51.6 Å². The van der Waals surface area contributed by atoms with Gasteiger partial charge in [-0.1, -0.05) is 82.6 Å². The Balaban J connectivity index is 0.0000110. The van der Waals surface area contributed by atoms with E-state index in [-0.39, 0.29) is 25.4 Å². The average Bonchev–Trinajstić information content (AvgIpc) is 3.08. The van der Waals surface area contributed by atoms with E-state index in [1.165, 1.54) is 70.6 Å². The van der Waals surface area contributed by atoms with Gasteiger partial charge in [0.05, 0.1) is 51.0 Å². The van der Waals surface area contributed by atoms with Crippen LogP contribution >= 0.6 is 0 Å². The van der Waals surface area contributed by atoms with Crippen LogP contribution in [0, 0.1) is 0 Å². The summed E-state index contributed by atoms with van der Waals surface area (Å²) in [4.78, 5) is 23.2. The Hall–Kier alpha value is -2.03. The minimum atomic E-state index is 0. The third-order valence-electron chi connectivity index (χ3n) is 7.75. The zero-order valence-corrected chi connectivity index (χ0v) is 32.4. The predicted octanol–water partition coefficient (Wildman–Crippen LogP) is 7.68. The average molecular weight is 704 g/mol. The van der Waals surface area contributed by atoms with Gasteiger partial charge in [-0.15, -0.1) is 0 Å². The smallest absolute Gasteiger partial charge is 0.378 e. The van der Waals surface area contributed by atoms with Crippen molar-refractivity contribution >= 4 is 5.91 Å². The van der Waals surface area contributed by atoms with Crippen LogP contribution in [0.4, 0.5) is 0 Å². The minimum Gasteiger partial charge on any atom is -0.378 e. The number of aromatic nitrogens is 2. The van der Waals surface area contributed by atoms with Crippen molar-refractivity contribution < 1.29 is 38.5 Å². The van der Waals surface area contributed by atoms with Crippen molar-refractivity contribution in [2.45, 2.75) is 110 Å². The first-order valence-corrected chi connectivity index (χ1v) is 17.9. The van der Waals surface area contributed by atoms with Crippen molar-refractivity contribution in [2.24, 2.45) is 0 Å². The molecule has 0 unspecified atom stereocenters. The largest absolute Gasteiger partial charge is 2.00 e. The van der Waals surface area contributed by atoms with Crippen LogP contribution in [0.25, 0.3) is 0 Å². The number of rotatable bonds is 31. The van der Waals surface area contributed by atoms with E-state index >= 15 is 0 Å². The summed E-state index contributed by atoms with van der Waals surface area (Å²) in [6.45, 7) is 8.26. The maximum atomic E-state index is 12.0. The number of carbonyl (C=O) groups excluding carboxylic acids is 1. The number of hydrogen-bond acceptors (Lipinski definition) is 7. The molecule has 2 aromatic rings. The van der Waals surface area contributed by atoms with E-state index < -0.39 is 0 Å². The van der Waals surface area contributed by atoms with E-state index in [1.807, 2.05) is 48.8 Å². The van der Waals surface area contributed by atoms with E-state index in [4.69, 9.17) is 14.2 Å². The Morgan fingerprint density at radius 1 is 0.681 bits per heavy atom. The van der Waals surface area contributed by atoms with Crippen molar-refractivity contribution in [3.05, 3.63) is 72.3 Å². The van der Waals surface area contributed by atoms with Gasteiger partial charge in [0.1, 0.15) is 0 Å². The van der Waals surface area contributed by atoms with Gasteiger partial charge in [-0.3, -0.25) is 19.7 Å². The summed E-state index contributed by atoms with van der Waals surface area (Å²) >= 11 is 0. The van der Waals surface area contributed by atoms with Crippen molar-refractivity contribution in [3.8, 4) is 0 Å². The maximum Gasteiger partial charge on any atom is 2.00 e. The van der Waals surface area contributed by atoms with E-state index in [2.05, 4.69) is 39.3 Å². The first-order chi connectivity index (χ1) is 22.8. The van der Waals surface area contributed by atoms with Crippen LogP contribution in [0.5, 0.6) is 0 Å². The number of ether oxygens (including phenoxy) is 3. The molecule has 47 heavy (non-hydrogen) atoms. The molecule has 2 aromatic heterocycles. The van der Waals surface area contributed by atoms with E-state index in [9.17, 15) is 4.79 Å². The molecule has 0 saturated heterocycles. The summed E-state index contributed by atoms with van der Waals surface area (Å²) in [5.41, 5.74) is 2.06. The molecule has 0 spiro atoms. The van der Waals surface area contributed by atoms with E-state index in [1.54, 1.807) is 0 Å². The molecule has 1 amide bonds. The van der Waals surface area contributed by atoms with Crippen LogP contribution in [0.15, 0.2) is 60.9 Å². The van der Waals surface area contributed by atoms with Crippen molar-refractivity contribution in [1.29, 1.82) is 0 Å². The monoisotopic (exact) mass is 702 g/mol. The third kappa shape index (κ3) is 26.6. The van der Waals surface area contributed by atoms with Crippen LogP contribution in [0.2, 0.25) is 0 Å². The second-order valence-electron chi connectivity index (χ2n) is 11.9. The molecule has 0 aliphatic carbocycles. The normalized spacial score (nSPS) is 11.3.